The lowest BCUT2D eigenvalue weighted by atomic mass is 10.1. The first kappa shape index (κ1) is 14.5. The van der Waals surface area contributed by atoms with Gasteiger partial charge in [0.2, 0.25) is 0 Å². The minimum atomic E-state index is -0.828. The van der Waals surface area contributed by atoms with Crippen LogP contribution < -0.4 is 4.74 Å². The van der Waals surface area contributed by atoms with Crippen LogP contribution in [0, 0.1) is 0 Å². The molecule has 1 rings (SSSR count). The molecule has 0 aliphatic heterocycles. The predicted molar refractivity (Wildman–Crippen MR) is 69.0 cm³/mol. The Labute approximate surface area is 108 Å². The van der Waals surface area contributed by atoms with Gasteiger partial charge in [0, 0.05) is 13.5 Å². The van der Waals surface area contributed by atoms with Gasteiger partial charge in [0.15, 0.2) is 0 Å². The molecule has 0 saturated heterocycles. The summed E-state index contributed by atoms with van der Waals surface area (Å²) in [5.74, 6) is -0.0819. The van der Waals surface area contributed by atoms with E-state index in [-0.39, 0.29) is 12.0 Å². The monoisotopic (exact) mass is 252 g/mol. The van der Waals surface area contributed by atoms with Crippen LogP contribution in [0.4, 0.5) is 0 Å². The van der Waals surface area contributed by atoms with Crippen molar-refractivity contribution in [2.45, 2.75) is 32.3 Å². The summed E-state index contributed by atoms with van der Waals surface area (Å²) in [5, 5.41) is 8.65. The number of carboxylic acids is 1. The summed E-state index contributed by atoms with van der Waals surface area (Å²) in [4.78, 5) is 10.5. The van der Waals surface area contributed by atoms with Gasteiger partial charge in [-0.05, 0) is 31.5 Å². The quantitative estimate of drug-likeness (QED) is 0.810. The van der Waals surface area contributed by atoms with Crippen LogP contribution in [0.1, 0.15) is 25.8 Å². The zero-order valence-corrected chi connectivity index (χ0v) is 11.1. The van der Waals surface area contributed by atoms with Crippen molar-refractivity contribution in [3.63, 3.8) is 0 Å². The van der Waals surface area contributed by atoms with Gasteiger partial charge < -0.3 is 14.6 Å². The zero-order chi connectivity index (χ0) is 13.6. The van der Waals surface area contributed by atoms with E-state index >= 15 is 0 Å². The summed E-state index contributed by atoms with van der Waals surface area (Å²) < 4.78 is 10.9. The first-order chi connectivity index (χ1) is 8.43. The highest BCUT2D eigenvalue weighted by molar-refractivity contribution is 5.70. The molecule has 0 bridgehead atoms. The molecule has 0 aromatic heterocycles. The van der Waals surface area contributed by atoms with Crippen molar-refractivity contribution >= 4 is 5.97 Å². The Hall–Kier alpha value is -1.55. The molecule has 1 N–H and O–H groups in total. The van der Waals surface area contributed by atoms with Crippen LogP contribution >= 0.6 is 0 Å². The summed E-state index contributed by atoms with van der Waals surface area (Å²) >= 11 is 0. The summed E-state index contributed by atoms with van der Waals surface area (Å²) in [6, 6.07) is 7.12. The van der Waals surface area contributed by atoms with E-state index in [2.05, 4.69) is 0 Å². The molecule has 0 saturated carbocycles. The van der Waals surface area contributed by atoms with Crippen molar-refractivity contribution < 1.29 is 19.4 Å². The van der Waals surface area contributed by atoms with Crippen LogP contribution in [0.2, 0.25) is 0 Å². The van der Waals surface area contributed by atoms with Gasteiger partial charge in [-0.3, -0.25) is 4.79 Å². The molecule has 0 atom stereocenters. The van der Waals surface area contributed by atoms with E-state index in [0.717, 1.165) is 17.7 Å². The topological polar surface area (TPSA) is 55.8 Å². The van der Waals surface area contributed by atoms with Gasteiger partial charge in [-0.2, -0.15) is 0 Å². The van der Waals surface area contributed by atoms with Crippen molar-refractivity contribution in [1.82, 2.24) is 0 Å². The third-order valence-corrected chi connectivity index (χ3v) is 2.80. The predicted octanol–water partition coefficient (Wildman–Crippen LogP) is 2.51. The number of carbonyl (C=O) groups is 1. The van der Waals surface area contributed by atoms with E-state index in [4.69, 9.17) is 14.6 Å². The number of rotatable bonds is 7. The highest BCUT2D eigenvalue weighted by Crippen LogP contribution is 2.16. The van der Waals surface area contributed by atoms with Crippen LogP contribution in [-0.2, 0) is 16.0 Å². The van der Waals surface area contributed by atoms with Gasteiger partial charge in [0.1, 0.15) is 5.75 Å². The molecule has 18 heavy (non-hydrogen) atoms. The Kier molecular flexibility index (Phi) is 5.16. The molecule has 0 heterocycles. The van der Waals surface area contributed by atoms with Gasteiger partial charge in [-0.25, -0.2) is 0 Å². The minimum Gasteiger partial charge on any atom is -0.493 e. The second-order valence-electron chi connectivity index (χ2n) is 4.78. The van der Waals surface area contributed by atoms with Crippen molar-refractivity contribution in [3.8, 4) is 5.75 Å². The van der Waals surface area contributed by atoms with Gasteiger partial charge in [0.05, 0.1) is 18.6 Å². The number of carboxylic acid groups (broad SMARTS) is 1. The molecular formula is C14H20O4. The number of ether oxygens (including phenoxy) is 2. The fourth-order valence-electron chi connectivity index (χ4n) is 1.39. The summed E-state index contributed by atoms with van der Waals surface area (Å²) in [6.07, 6.45) is 0.831. The fraction of sp³-hybridized carbons (Fsp3) is 0.500. The van der Waals surface area contributed by atoms with E-state index in [1.54, 1.807) is 31.4 Å². The molecule has 4 nitrogen and oxygen atoms in total. The normalized spacial score (nSPS) is 11.3. The highest BCUT2D eigenvalue weighted by atomic mass is 16.5. The van der Waals surface area contributed by atoms with Crippen LogP contribution in [0.3, 0.4) is 0 Å². The fourth-order valence-corrected chi connectivity index (χ4v) is 1.39. The standard InChI is InChI=1S/C14H20O4/c1-14(2,17-3)8-9-18-12-6-4-11(5-7-12)10-13(15)16/h4-7H,8-10H2,1-3H3,(H,15,16). The van der Waals surface area contributed by atoms with Gasteiger partial charge in [0.25, 0.3) is 0 Å². The van der Waals surface area contributed by atoms with Crippen molar-refractivity contribution in [3.05, 3.63) is 29.8 Å². The number of methoxy groups -OCH3 is 1. The first-order valence-corrected chi connectivity index (χ1v) is 5.91. The SMILES string of the molecule is COC(C)(C)CCOc1ccc(CC(=O)O)cc1. The lowest BCUT2D eigenvalue weighted by Gasteiger charge is -2.22. The Morgan fingerprint density at radius 2 is 1.89 bits per heavy atom. The third kappa shape index (κ3) is 5.19. The molecule has 100 valence electrons. The number of aliphatic carboxylic acids is 1. The summed E-state index contributed by atoms with van der Waals surface area (Å²) in [7, 11) is 1.68. The maximum absolute atomic E-state index is 10.5. The molecule has 0 radical (unpaired) electrons. The molecule has 1 aromatic rings. The highest BCUT2D eigenvalue weighted by Gasteiger charge is 2.15. The second kappa shape index (κ2) is 6.40. The smallest absolute Gasteiger partial charge is 0.307 e. The molecule has 0 aliphatic rings. The molecule has 0 unspecified atom stereocenters. The van der Waals surface area contributed by atoms with Gasteiger partial charge in [-0.15, -0.1) is 0 Å². The van der Waals surface area contributed by atoms with Crippen molar-refractivity contribution in [2.75, 3.05) is 13.7 Å². The third-order valence-electron chi connectivity index (χ3n) is 2.80. The van der Waals surface area contributed by atoms with Gasteiger partial charge >= 0.3 is 5.97 Å². The van der Waals surface area contributed by atoms with E-state index in [1.165, 1.54) is 0 Å². The maximum atomic E-state index is 10.5. The Balaban J connectivity index is 2.42. The van der Waals surface area contributed by atoms with E-state index in [0.29, 0.717) is 6.61 Å². The van der Waals surface area contributed by atoms with Crippen LogP contribution in [-0.4, -0.2) is 30.4 Å². The van der Waals surface area contributed by atoms with E-state index in [1.807, 2.05) is 13.8 Å². The Morgan fingerprint density at radius 3 is 2.39 bits per heavy atom. The number of hydrogen-bond donors (Lipinski definition) is 1. The molecular weight excluding hydrogens is 232 g/mol. The van der Waals surface area contributed by atoms with E-state index < -0.39 is 5.97 Å². The molecule has 0 fully saturated rings. The zero-order valence-electron chi connectivity index (χ0n) is 11.1. The van der Waals surface area contributed by atoms with Crippen LogP contribution in [0.5, 0.6) is 5.75 Å². The number of hydrogen-bond acceptors (Lipinski definition) is 3. The average Bonchev–Trinajstić information content (AvgIpc) is 2.30. The lowest BCUT2D eigenvalue weighted by Crippen LogP contribution is -2.25. The molecule has 0 spiro atoms. The molecule has 1 aromatic carbocycles. The summed E-state index contributed by atoms with van der Waals surface area (Å²) in [6.45, 7) is 4.58. The lowest BCUT2D eigenvalue weighted by molar-refractivity contribution is -0.136. The minimum absolute atomic E-state index is 0.0387. The van der Waals surface area contributed by atoms with Gasteiger partial charge in [-0.1, -0.05) is 12.1 Å². The summed E-state index contributed by atoms with van der Waals surface area (Å²) in [5.41, 5.74) is 0.579. The molecule has 0 amide bonds. The van der Waals surface area contributed by atoms with Crippen LogP contribution in [0.25, 0.3) is 0 Å². The molecule has 0 aliphatic carbocycles. The largest absolute Gasteiger partial charge is 0.493 e. The maximum Gasteiger partial charge on any atom is 0.307 e. The molecule has 4 heteroatoms. The Bertz CT molecular complexity index is 381. The number of benzene rings is 1. The average molecular weight is 252 g/mol. The van der Waals surface area contributed by atoms with Crippen molar-refractivity contribution in [1.29, 1.82) is 0 Å². The van der Waals surface area contributed by atoms with E-state index in [9.17, 15) is 4.79 Å². The van der Waals surface area contributed by atoms with Crippen LogP contribution in [0.15, 0.2) is 24.3 Å². The second-order valence-corrected chi connectivity index (χ2v) is 4.78. The Morgan fingerprint density at radius 1 is 1.28 bits per heavy atom. The van der Waals surface area contributed by atoms with Crippen molar-refractivity contribution in [2.24, 2.45) is 0 Å². The first-order valence-electron chi connectivity index (χ1n) is 5.91.